The van der Waals surface area contributed by atoms with E-state index in [1.807, 2.05) is 11.8 Å². The van der Waals surface area contributed by atoms with Gasteiger partial charge < -0.3 is 15.5 Å². The molecule has 4 rings (SSSR count). The molecule has 0 bridgehead atoms. The number of nitro benzene ring substituents is 1. The standard InChI is InChI=1S/C28H32F6N4O3/c1-26(12-8-20(9-13-26)36-21-4-7-24(38(40)41)23(16-21)28(32,33)34)25(39)35-17-18-10-14-37(15-11-18)22-5-2-19(3-6-22)27(29,30)31/h2-7,16,18,20,36H,8-15,17H2,1H3,(H,35,39). The third-order valence-electron chi connectivity index (χ3n) is 8.23. The Morgan fingerprint density at radius 1 is 0.976 bits per heavy atom. The van der Waals surface area contributed by atoms with E-state index in [1.165, 1.54) is 18.2 Å². The lowest BCUT2D eigenvalue weighted by Gasteiger charge is -2.38. The van der Waals surface area contributed by atoms with E-state index in [9.17, 15) is 41.3 Å². The molecule has 7 nitrogen and oxygen atoms in total. The van der Waals surface area contributed by atoms with Crippen LogP contribution in [-0.4, -0.2) is 36.5 Å². The molecule has 1 saturated carbocycles. The third kappa shape index (κ3) is 7.42. The van der Waals surface area contributed by atoms with Crippen LogP contribution < -0.4 is 15.5 Å². The van der Waals surface area contributed by atoms with Crippen LogP contribution in [0, 0.1) is 21.4 Å². The van der Waals surface area contributed by atoms with Gasteiger partial charge in [-0.3, -0.25) is 14.9 Å². The van der Waals surface area contributed by atoms with Crippen LogP contribution in [0.2, 0.25) is 0 Å². The number of carbonyl (C=O) groups excluding carboxylic acids is 1. The van der Waals surface area contributed by atoms with Crippen LogP contribution in [0.15, 0.2) is 42.5 Å². The lowest BCUT2D eigenvalue weighted by atomic mass is 9.73. The number of hydrogen-bond donors (Lipinski definition) is 2. The number of nitro groups is 1. The van der Waals surface area contributed by atoms with E-state index < -0.39 is 39.5 Å². The number of anilines is 2. The van der Waals surface area contributed by atoms with Gasteiger partial charge in [0.05, 0.1) is 10.5 Å². The average Bonchev–Trinajstić information content (AvgIpc) is 2.92. The van der Waals surface area contributed by atoms with Gasteiger partial charge in [0, 0.05) is 48.5 Å². The summed E-state index contributed by atoms with van der Waals surface area (Å²) in [6.45, 7) is 3.73. The topological polar surface area (TPSA) is 87.5 Å². The number of halogens is 6. The molecule has 0 spiro atoms. The zero-order chi connectivity index (χ0) is 30.0. The van der Waals surface area contributed by atoms with E-state index in [-0.39, 0.29) is 23.6 Å². The summed E-state index contributed by atoms with van der Waals surface area (Å²) in [6, 6.07) is 7.81. The summed E-state index contributed by atoms with van der Waals surface area (Å²) in [5.41, 5.74) is -2.73. The highest BCUT2D eigenvalue weighted by Crippen LogP contribution is 2.40. The van der Waals surface area contributed by atoms with Crippen molar-refractivity contribution in [2.45, 2.75) is 63.8 Å². The van der Waals surface area contributed by atoms with Gasteiger partial charge in [0.2, 0.25) is 5.91 Å². The number of rotatable bonds is 7. The zero-order valence-corrected chi connectivity index (χ0v) is 22.4. The Bertz CT molecular complexity index is 1230. The van der Waals surface area contributed by atoms with E-state index in [4.69, 9.17) is 0 Å². The fourth-order valence-electron chi connectivity index (χ4n) is 5.58. The van der Waals surface area contributed by atoms with Crippen molar-refractivity contribution in [2.75, 3.05) is 29.9 Å². The molecule has 1 saturated heterocycles. The van der Waals surface area contributed by atoms with Crippen LogP contribution in [0.5, 0.6) is 0 Å². The minimum absolute atomic E-state index is 0.0733. The van der Waals surface area contributed by atoms with E-state index in [2.05, 4.69) is 10.6 Å². The maximum Gasteiger partial charge on any atom is 0.423 e. The van der Waals surface area contributed by atoms with Gasteiger partial charge in [0.15, 0.2) is 0 Å². The Kier molecular flexibility index (Phi) is 8.74. The third-order valence-corrected chi connectivity index (χ3v) is 8.23. The van der Waals surface area contributed by atoms with Crippen LogP contribution in [0.25, 0.3) is 0 Å². The van der Waals surface area contributed by atoms with Gasteiger partial charge in [-0.25, -0.2) is 0 Å². The van der Waals surface area contributed by atoms with Gasteiger partial charge in [-0.15, -0.1) is 0 Å². The molecule has 0 atom stereocenters. The molecular weight excluding hydrogens is 554 g/mol. The molecule has 13 heteroatoms. The maximum absolute atomic E-state index is 13.3. The SMILES string of the molecule is CC1(C(=O)NCC2CCN(c3ccc(C(F)(F)F)cc3)CC2)CCC(Nc2ccc([N+](=O)[O-])c(C(F)(F)F)c2)CC1. The molecule has 1 heterocycles. The van der Waals surface area contributed by atoms with Crippen molar-refractivity contribution in [2.24, 2.45) is 11.3 Å². The Hall–Kier alpha value is -3.51. The van der Waals surface area contributed by atoms with E-state index >= 15 is 0 Å². The smallest absolute Gasteiger partial charge is 0.382 e. The first kappa shape index (κ1) is 30.4. The predicted molar refractivity (Wildman–Crippen MR) is 141 cm³/mol. The number of nitrogens with zero attached hydrogens (tertiary/aromatic N) is 2. The second-order valence-corrected chi connectivity index (χ2v) is 11.2. The van der Waals surface area contributed by atoms with Gasteiger partial charge in [-0.2, -0.15) is 26.3 Å². The first-order valence-corrected chi connectivity index (χ1v) is 13.5. The Balaban J connectivity index is 1.23. The highest BCUT2D eigenvalue weighted by molar-refractivity contribution is 5.82. The van der Waals surface area contributed by atoms with Crippen LogP contribution in [0.1, 0.15) is 56.6 Å². The normalized spacial score (nSPS) is 22.3. The number of nitrogens with one attached hydrogen (secondary N) is 2. The molecule has 0 aromatic heterocycles. The number of carbonyl (C=O) groups is 1. The first-order chi connectivity index (χ1) is 19.2. The first-order valence-electron chi connectivity index (χ1n) is 13.5. The molecule has 2 fully saturated rings. The number of hydrogen-bond acceptors (Lipinski definition) is 5. The largest absolute Gasteiger partial charge is 0.423 e. The minimum atomic E-state index is -4.86. The molecule has 2 N–H and O–H groups in total. The quantitative estimate of drug-likeness (QED) is 0.207. The van der Waals surface area contributed by atoms with Crippen molar-refractivity contribution in [1.29, 1.82) is 0 Å². The minimum Gasteiger partial charge on any atom is -0.382 e. The zero-order valence-electron chi connectivity index (χ0n) is 22.4. The van der Waals surface area contributed by atoms with Crippen LogP contribution in [0.3, 0.4) is 0 Å². The fraction of sp³-hybridized carbons (Fsp3) is 0.536. The summed E-state index contributed by atoms with van der Waals surface area (Å²) in [6.07, 6.45) is -5.49. The van der Waals surface area contributed by atoms with Crippen molar-refractivity contribution >= 4 is 23.0 Å². The molecule has 224 valence electrons. The highest BCUT2D eigenvalue weighted by atomic mass is 19.4. The molecule has 1 amide bonds. The summed E-state index contributed by atoms with van der Waals surface area (Å²) in [5.74, 6) is 0.173. The summed E-state index contributed by atoms with van der Waals surface area (Å²) in [4.78, 5) is 25.0. The fourth-order valence-corrected chi connectivity index (χ4v) is 5.58. The number of piperidine rings is 1. The van der Waals surface area contributed by atoms with Crippen molar-refractivity contribution < 1.29 is 36.1 Å². The van der Waals surface area contributed by atoms with Crippen molar-refractivity contribution in [3.05, 3.63) is 63.7 Å². The summed E-state index contributed by atoms with van der Waals surface area (Å²) in [5, 5.41) is 17.1. The monoisotopic (exact) mass is 586 g/mol. The summed E-state index contributed by atoms with van der Waals surface area (Å²) < 4.78 is 78.3. The average molecular weight is 587 g/mol. The van der Waals surface area contributed by atoms with Gasteiger partial charge in [-0.05, 0) is 80.8 Å². The van der Waals surface area contributed by atoms with Crippen LogP contribution in [0.4, 0.5) is 43.4 Å². The van der Waals surface area contributed by atoms with Crippen LogP contribution >= 0.6 is 0 Å². The predicted octanol–water partition coefficient (Wildman–Crippen LogP) is 7.03. The van der Waals surface area contributed by atoms with Gasteiger partial charge in [0.1, 0.15) is 5.56 Å². The second-order valence-electron chi connectivity index (χ2n) is 11.2. The van der Waals surface area contributed by atoms with E-state index in [1.54, 1.807) is 0 Å². The lowest BCUT2D eigenvalue weighted by molar-refractivity contribution is -0.388. The molecule has 2 aliphatic rings. The molecule has 2 aromatic rings. The highest BCUT2D eigenvalue weighted by Gasteiger charge is 2.40. The van der Waals surface area contributed by atoms with Crippen molar-refractivity contribution in [1.82, 2.24) is 5.32 Å². The molecule has 1 aliphatic heterocycles. The number of benzene rings is 2. The van der Waals surface area contributed by atoms with Crippen LogP contribution in [-0.2, 0) is 17.1 Å². The molecule has 41 heavy (non-hydrogen) atoms. The summed E-state index contributed by atoms with van der Waals surface area (Å²) in [7, 11) is 0. The number of amides is 1. The molecule has 0 radical (unpaired) electrons. The Morgan fingerprint density at radius 3 is 2.12 bits per heavy atom. The van der Waals surface area contributed by atoms with E-state index in [0.717, 1.165) is 42.8 Å². The van der Waals surface area contributed by atoms with Gasteiger partial charge >= 0.3 is 12.4 Å². The van der Waals surface area contributed by atoms with Gasteiger partial charge in [-0.1, -0.05) is 6.92 Å². The molecular formula is C28H32F6N4O3. The molecule has 2 aromatic carbocycles. The van der Waals surface area contributed by atoms with Crippen molar-refractivity contribution in [3.63, 3.8) is 0 Å². The molecule has 0 unspecified atom stereocenters. The summed E-state index contributed by atoms with van der Waals surface area (Å²) >= 11 is 0. The number of alkyl halides is 6. The van der Waals surface area contributed by atoms with Crippen molar-refractivity contribution in [3.8, 4) is 0 Å². The van der Waals surface area contributed by atoms with Gasteiger partial charge in [0.25, 0.3) is 5.69 Å². The second kappa shape index (κ2) is 11.8. The Morgan fingerprint density at radius 2 is 1.59 bits per heavy atom. The Labute approximate surface area is 233 Å². The van der Waals surface area contributed by atoms with E-state index in [0.29, 0.717) is 45.3 Å². The lowest BCUT2D eigenvalue weighted by Crippen LogP contribution is -2.46. The molecule has 1 aliphatic carbocycles. The maximum atomic E-state index is 13.3.